The van der Waals surface area contributed by atoms with E-state index in [4.69, 9.17) is 0 Å². The van der Waals surface area contributed by atoms with Crippen molar-refractivity contribution in [2.75, 3.05) is 19.6 Å². The van der Waals surface area contributed by atoms with Crippen molar-refractivity contribution in [3.05, 3.63) is 35.2 Å². The third-order valence-electron chi connectivity index (χ3n) is 4.20. The molecular weight excluding hydrogens is 268 g/mol. The Balaban J connectivity index is 1.66. The monoisotopic (exact) mass is 288 g/mol. The van der Waals surface area contributed by atoms with E-state index in [2.05, 4.69) is 29.0 Å². The number of nitrogens with one attached hydrogen (secondary N) is 2. The molecule has 0 unspecified atom stereocenters. The van der Waals surface area contributed by atoms with Crippen molar-refractivity contribution < 1.29 is 4.79 Å². The normalized spacial score (nSPS) is 18.1. The van der Waals surface area contributed by atoms with Crippen LogP contribution in [-0.4, -0.2) is 25.5 Å². The van der Waals surface area contributed by atoms with Crippen molar-refractivity contribution in [2.45, 2.75) is 19.8 Å². The van der Waals surface area contributed by atoms with Crippen molar-refractivity contribution >= 4 is 27.3 Å². The SMILES string of the molecule is CC1(CNC(=O)c2ccc3sccc3c2)CCNCC1. The maximum atomic E-state index is 12.3. The highest BCUT2D eigenvalue weighted by Crippen LogP contribution is 2.27. The number of piperidine rings is 1. The molecule has 1 aliphatic rings. The largest absolute Gasteiger partial charge is 0.351 e. The van der Waals surface area contributed by atoms with Crippen LogP contribution in [0.3, 0.4) is 0 Å². The molecule has 3 nitrogen and oxygen atoms in total. The molecule has 1 aromatic heterocycles. The lowest BCUT2D eigenvalue weighted by Crippen LogP contribution is -2.42. The summed E-state index contributed by atoms with van der Waals surface area (Å²) in [4.78, 5) is 12.3. The van der Waals surface area contributed by atoms with Crippen LogP contribution in [0.25, 0.3) is 10.1 Å². The van der Waals surface area contributed by atoms with E-state index in [1.807, 2.05) is 18.2 Å². The van der Waals surface area contributed by atoms with Gasteiger partial charge in [-0.2, -0.15) is 0 Å². The lowest BCUT2D eigenvalue weighted by Gasteiger charge is -2.34. The quantitative estimate of drug-likeness (QED) is 0.911. The van der Waals surface area contributed by atoms with E-state index in [1.54, 1.807) is 11.3 Å². The van der Waals surface area contributed by atoms with Gasteiger partial charge in [0.1, 0.15) is 0 Å². The first kappa shape index (κ1) is 13.6. The van der Waals surface area contributed by atoms with Crippen LogP contribution in [-0.2, 0) is 0 Å². The van der Waals surface area contributed by atoms with Crippen molar-refractivity contribution in [2.24, 2.45) is 5.41 Å². The van der Waals surface area contributed by atoms with E-state index in [-0.39, 0.29) is 11.3 Å². The third kappa shape index (κ3) is 2.86. The number of fused-ring (bicyclic) bond motifs is 1. The molecule has 3 rings (SSSR count). The van der Waals surface area contributed by atoms with Crippen LogP contribution in [0.15, 0.2) is 29.6 Å². The van der Waals surface area contributed by atoms with E-state index in [0.717, 1.165) is 43.4 Å². The van der Waals surface area contributed by atoms with Gasteiger partial charge >= 0.3 is 0 Å². The maximum Gasteiger partial charge on any atom is 0.251 e. The van der Waals surface area contributed by atoms with Crippen LogP contribution in [0.5, 0.6) is 0 Å². The summed E-state index contributed by atoms with van der Waals surface area (Å²) < 4.78 is 1.23. The van der Waals surface area contributed by atoms with Crippen LogP contribution in [0.1, 0.15) is 30.1 Å². The van der Waals surface area contributed by atoms with Gasteiger partial charge in [-0.3, -0.25) is 4.79 Å². The average molecular weight is 288 g/mol. The van der Waals surface area contributed by atoms with Crippen molar-refractivity contribution in [3.63, 3.8) is 0 Å². The summed E-state index contributed by atoms with van der Waals surface area (Å²) in [6, 6.07) is 7.98. The highest BCUT2D eigenvalue weighted by Gasteiger charge is 2.27. The van der Waals surface area contributed by atoms with Gasteiger partial charge in [-0.05, 0) is 66.4 Å². The van der Waals surface area contributed by atoms with E-state index in [0.29, 0.717) is 0 Å². The van der Waals surface area contributed by atoms with Gasteiger partial charge in [-0.1, -0.05) is 6.92 Å². The molecule has 0 spiro atoms. The Morgan fingerprint density at radius 3 is 2.95 bits per heavy atom. The molecule has 0 aliphatic carbocycles. The van der Waals surface area contributed by atoms with E-state index in [1.165, 1.54) is 4.70 Å². The Labute approximate surface area is 123 Å². The summed E-state index contributed by atoms with van der Waals surface area (Å²) in [7, 11) is 0. The van der Waals surface area contributed by atoms with Crippen LogP contribution in [0, 0.1) is 5.41 Å². The van der Waals surface area contributed by atoms with Gasteiger partial charge in [0.25, 0.3) is 5.91 Å². The topological polar surface area (TPSA) is 41.1 Å². The predicted octanol–water partition coefficient (Wildman–Crippen LogP) is 3.02. The zero-order valence-electron chi connectivity index (χ0n) is 11.7. The number of hydrogen-bond acceptors (Lipinski definition) is 3. The van der Waals surface area contributed by atoms with Crippen LogP contribution >= 0.6 is 11.3 Å². The minimum atomic E-state index is 0.0397. The zero-order chi connectivity index (χ0) is 14.0. The summed E-state index contributed by atoms with van der Waals surface area (Å²) in [6.07, 6.45) is 2.24. The molecule has 0 saturated carbocycles. The summed E-state index contributed by atoms with van der Waals surface area (Å²) in [5.74, 6) is 0.0397. The van der Waals surface area contributed by atoms with Gasteiger partial charge in [0.05, 0.1) is 0 Å². The maximum absolute atomic E-state index is 12.3. The van der Waals surface area contributed by atoms with Gasteiger partial charge in [-0.15, -0.1) is 11.3 Å². The molecule has 2 N–H and O–H groups in total. The van der Waals surface area contributed by atoms with E-state index in [9.17, 15) is 4.79 Å². The van der Waals surface area contributed by atoms with Crippen molar-refractivity contribution in [1.29, 1.82) is 0 Å². The molecule has 1 aromatic carbocycles. The number of benzene rings is 1. The highest BCUT2D eigenvalue weighted by atomic mass is 32.1. The fourth-order valence-electron chi connectivity index (χ4n) is 2.71. The lowest BCUT2D eigenvalue weighted by atomic mass is 9.81. The molecular formula is C16H20N2OS. The molecule has 1 fully saturated rings. The molecule has 20 heavy (non-hydrogen) atoms. The second-order valence-corrected chi connectivity index (χ2v) is 6.86. The summed E-state index contributed by atoms with van der Waals surface area (Å²) >= 11 is 1.70. The molecule has 1 saturated heterocycles. The second-order valence-electron chi connectivity index (χ2n) is 5.92. The number of thiophene rings is 1. The van der Waals surface area contributed by atoms with Gasteiger partial charge in [0.15, 0.2) is 0 Å². The summed E-state index contributed by atoms with van der Waals surface area (Å²) in [6.45, 7) is 5.12. The molecule has 1 aliphatic heterocycles. The first-order valence-electron chi connectivity index (χ1n) is 7.13. The Bertz CT molecular complexity index is 614. The van der Waals surface area contributed by atoms with Crippen molar-refractivity contribution in [1.82, 2.24) is 10.6 Å². The predicted molar refractivity (Wildman–Crippen MR) is 84.4 cm³/mol. The average Bonchev–Trinajstić information content (AvgIpc) is 2.93. The molecule has 0 radical (unpaired) electrons. The van der Waals surface area contributed by atoms with Gasteiger partial charge in [-0.25, -0.2) is 0 Å². The highest BCUT2D eigenvalue weighted by molar-refractivity contribution is 7.17. The molecule has 106 valence electrons. The number of hydrogen-bond donors (Lipinski definition) is 2. The van der Waals surface area contributed by atoms with Crippen LogP contribution < -0.4 is 10.6 Å². The van der Waals surface area contributed by atoms with E-state index < -0.39 is 0 Å². The summed E-state index contributed by atoms with van der Waals surface area (Å²) in [5, 5.41) is 9.67. The first-order valence-corrected chi connectivity index (χ1v) is 8.00. The second kappa shape index (κ2) is 5.54. The fourth-order valence-corrected chi connectivity index (χ4v) is 3.48. The van der Waals surface area contributed by atoms with Crippen molar-refractivity contribution in [3.8, 4) is 0 Å². The number of carbonyl (C=O) groups excluding carboxylic acids is 1. The van der Waals surface area contributed by atoms with Gasteiger partial charge in [0, 0.05) is 16.8 Å². The Kier molecular flexibility index (Phi) is 3.76. The molecule has 2 aromatic rings. The molecule has 1 amide bonds. The minimum absolute atomic E-state index is 0.0397. The lowest BCUT2D eigenvalue weighted by molar-refractivity contribution is 0.0922. The number of carbonyl (C=O) groups is 1. The fraction of sp³-hybridized carbons (Fsp3) is 0.438. The standard InChI is InChI=1S/C16H20N2OS/c1-16(5-7-17-8-6-16)11-18-15(19)13-2-3-14-12(10-13)4-9-20-14/h2-4,9-10,17H,5-8,11H2,1H3,(H,18,19). The molecule has 0 atom stereocenters. The molecule has 0 bridgehead atoms. The smallest absolute Gasteiger partial charge is 0.251 e. The third-order valence-corrected chi connectivity index (χ3v) is 5.10. The Morgan fingerprint density at radius 2 is 2.15 bits per heavy atom. The van der Waals surface area contributed by atoms with E-state index >= 15 is 0 Å². The van der Waals surface area contributed by atoms with Crippen LogP contribution in [0.4, 0.5) is 0 Å². The molecule has 4 heteroatoms. The summed E-state index contributed by atoms with van der Waals surface area (Å²) in [5.41, 5.74) is 0.987. The number of amides is 1. The van der Waals surface area contributed by atoms with Gasteiger partial charge < -0.3 is 10.6 Å². The van der Waals surface area contributed by atoms with Crippen LogP contribution in [0.2, 0.25) is 0 Å². The Morgan fingerprint density at radius 1 is 1.35 bits per heavy atom. The molecule has 2 heterocycles. The zero-order valence-corrected chi connectivity index (χ0v) is 12.6. The minimum Gasteiger partial charge on any atom is -0.351 e. The van der Waals surface area contributed by atoms with Gasteiger partial charge in [0.2, 0.25) is 0 Å². The number of rotatable bonds is 3. The first-order chi connectivity index (χ1) is 9.66. The Hall–Kier alpha value is -1.39.